The Morgan fingerprint density at radius 3 is 2.56 bits per heavy atom. The van der Waals surface area contributed by atoms with Crippen molar-refractivity contribution in [3.05, 3.63) is 60.7 Å². The highest BCUT2D eigenvalue weighted by molar-refractivity contribution is 6.04. The van der Waals surface area contributed by atoms with Crippen LogP contribution in [0.2, 0.25) is 0 Å². The van der Waals surface area contributed by atoms with Crippen molar-refractivity contribution < 1.29 is 4.79 Å². The Balaban J connectivity index is 2.15. The van der Waals surface area contributed by atoms with E-state index in [-0.39, 0.29) is 5.78 Å². The molecule has 0 aliphatic rings. The van der Waals surface area contributed by atoms with E-state index in [2.05, 4.69) is 4.98 Å². The lowest BCUT2D eigenvalue weighted by atomic mass is 10.1. The minimum Gasteiger partial charge on any atom is -0.306 e. The van der Waals surface area contributed by atoms with Crippen molar-refractivity contribution >= 4 is 5.78 Å². The smallest absolute Gasteiger partial charge is 0.185 e. The van der Waals surface area contributed by atoms with Crippen molar-refractivity contribution in [1.29, 1.82) is 0 Å². The van der Waals surface area contributed by atoms with Gasteiger partial charge in [0.25, 0.3) is 0 Å². The Morgan fingerprint density at radius 2 is 2.00 bits per heavy atom. The Bertz CT molecular complexity index is 536. The SMILES string of the molecule is CC(C)/C=C/C(=O)c1ccc(-n2ccnc2)cc1. The molecule has 92 valence electrons. The quantitative estimate of drug-likeness (QED) is 0.607. The zero-order valence-corrected chi connectivity index (χ0v) is 10.6. The van der Waals surface area contributed by atoms with E-state index in [0.29, 0.717) is 11.5 Å². The normalized spacial score (nSPS) is 11.3. The molecule has 0 saturated heterocycles. The number of hydrogen-bond acceptors (Lipinski definition) is 2. The number of aromatic nitrogens is 2. The van der Waals surface area contributed by atoms with Gasteiger partial charge in [-0.3, -0.25) is 4.79 Å². The molecule has 0 atom stereocenters. The first-order valence-electron chi connectivity index (χ1n) is 5.98. The molecule has 0 spiro atoms. The maximum Gasteiger partial charge on any atom is 0.185 e. The summed E-state index contributed by atoms with van der Waals surface area (Å²) in [5.41, 5.74) is 1.70. The Kier molecular flexibility index (Phi) is 3.72. The van der Waals surface area contributed by atoms with Crippen LogP contribution >= 0.6 is 0 Å². The maximum atomic E-state index is 11.8. The first-order valence-corrected chi connectivity index (χ1v) is 5.98. The summed E-state index contributed by atoms with van der Waals surface area (Å²) < 4.78 is 1.90. The first-order chi connectivity index (χ1) is 8.66. The fourth-order valence-electron chi connectivity index (χ4n) is 1.59. The van der Waals surface area contributed by atoms with Gasteiger partial charge in [0.05, 0.1) is 6.33 Å². The van der Waals surface area contributed by atoms with Crippen molar-refractivity contribution in [3.63, 3.8) is 0 Å². The zero-order chi connectivity index (χ0) is 13.0. The van der Waals surface area contributed by atoms with Gasteiger partial charge in [-0.25, -0.2) is 4.98 Å². The van der Waals surface area contributed by atoms with E-state index in [1.165, 1.54) is 0 Å². The lowest BCUT2D eigenvalue weighted by Gasteiger charge is -2.02. The highest BCUT2D eigenvalue weighted by atomic mass is 16.1. The molecule has 0 amide bonds. The van der Waals surface area contributed by atoms with E-state index in [1.807, 2.05) is 55.0 Å². The van der Waals surface area contributed by atoms with Gasteiger partial charge in [-0.15, -0.1) is 0 Å². The molecule has 0 N–H and O–H groups in total. The second-order valence-corrected chi connectivity index (χ2v) is 4.48. The highest BCUT2D eigenvalue weighted by Gasteiger charge is 2.02. The zero-order valence-electron chi connectivity index (χ0n) is 10.6. The number of imidazole rings is 1. The van der Waals surface area contributed by atoms with Crippen LogP contribution in [0.4, 0.5) is 0 Å². The Hall–Kier alpha value is -2.16. The number of hydrogen-bond donors (Lipinski definition) is 0. The molecule has 0 saturated carbocycles. The predicted octanol–water partition coefficient (Wildman–Crippen LogP) is 3.27. The molecule has 0 fully saturated rings. The van der Waals surface area contributed by atoms with E-state index < -0.39 is 0 Å². The molecule has 2 rings (SSSR count). The van der Waals surface area contributed by atoms with Gasteiger partial charge in [-0.2, -0.15) is 0 Å². The summed E-state index contributed by atoms with van der Waals surface area (Å²) in [4.78, 5) is 15.8. The molecule has 3 heteroatoms. The average molecular weight is 240 g/mol. The molecule has 0 radical (unpaired) electrons. The van der Waals surface area contributed by atoms with Crippen LogP contribution < -0.4 is 0 Å². The number of allylic oxidation sites excluding steroid dienone is 2. The number of carbonyl (C=O) groups excluding carboxylic acids is 1. The molecule has 1 heterocycles. The second-order valence-electron chi connectivity index (χ2n) is 4.48. The fourth-order valence-corrected chi connectivity index (χ4v) is 1.59. The van der Waals surface area contributed by atoms with Crippen LogP contribution in [0, 0.1) is 5.92 Å². The topological polar surface area (TPSA) is 34.9 Å². The van der Waals surface area contributed by atoms with Crippen molar-refractivity contribution in [3.8, 4) is 5.69 Å². The predicted molar refractivity (Wildman–Crippen MR) is 71.9 cm³/mol. The summed E-state index contributed by atoms with van der Waals surface area (Å²) in [6.45, 7) is 4.10. The van der Waals surface area contributed by atoms with Gasteiger partial charge < -0.3 is 4.57 Å². The van der Waals surface area contributed by atoms with Crippen LogP contribution in [0.5, 0.6) is 0 Å². The fraction of sp³-hybridized carbons (Fsp3) is 0.200. The summed E-state index contributed by atoms with van der Waals surface area (Å²) >= 11 is 0. The summed E-state index contributed by atoms with van der Waals surface area (Å²) in [5.74, 6) is 0.431. The molecule has 0 bridgehead atoms. The van der Waals surface area contributed by atoms with Gasteiger partial charge in [0, 0.05) is 23.6 Å². The van der Waals surface area contributed by atoms with Gasteiger partial charge in [0.1, 0.15) is 0 Å². The van der Waals surface area contributed by atoms with E-state index in [4.69, 9.17) is 0 Å². The molecule has 2 aromatic rings. The molecular formula is C15H16N2O. The maximum absolute atomic E-state index is 11.8. The number of nitrogens with zero attached hydrogens (tertiary/aromatic N) is 2. The Morgan fingerprint density at radius 1 is 1.28 bits per heavy atom. The van der Waals surface area contributed by atoms with Crippen LogP contribution in [0.15, 0.2) is 55.1 Å². The van der Waals surface area contributed by atoms with Gasteiger partial charge in [0.15, 0.2) is 5.78 Å². The van der Waals surface area contributed by atoms with E-state index in [9.17, 15) is 4.79 Å². The van der Waals surface area contributed by atoms with Crippen molar-refractivity contribution in [2.45, 2.75) is 13.8 Å². The summed E-state index contributed by atoms with van der Waals surface area (Å²) in [6, 6.07) is 7.50. The number of ketones is 1. The summed E-state index contributed by atoms with van der Waals surface area (Å²) in [5, 5.41) is 0. The van der Waals surface area contributed by atoms with Crippen molar-refractivity contribution in [2.24, 2.45) is 5.92 Å². The summed E-state index contributed by atoms with van der Waals surface area (Å²) in [6.07, 6.45) is 8.87. The van der Waals surface area contributed by atoms with Crippen LogP contribution in [0.25, 0.3) is 5.69 Å². The second kappa shape index (κ2) is 5.45. The lowest BCUT2D eigenvalue weighted by molar-refractivity contribution is 0.104. The third-order valence-corrected chi connectivity index (χ3v) is 2.59. The third-order valence-electron chi connectivity index (χ3n) is 2.59. The molecule has 3 nitrogen and oxygen atoms in total. The standard InChI is InChI=1S/C15H16N2O/c1-12(2)3-8-15(18)13-4-6-14(7-5-13)17-10-9-16-11-17/h3-12H,1-2H3/b8-3+. The highest BCUT2D eigenvalue weighted by Crippen LogP contribution is 2.10. The van der Waals surface area contributed by atoms with Gasteiger partial charge in [0.2, 0.25) is 0 Å². The van der Waals surface area contributed by atoms with Crippen LogP contribution in [0.3, 0.4) is 0 Å². The van der Waals surface area contributed by atoms with E-state index in [0.717, 1.165) is 5.69 Å². The van der Waals surface area contributed by atoms with Gasteiger partial charge >= 0.3 is 0 Å². The first kappa shape index (κ1) is 12.3. The van der Waals surface area contributed by atoms with Crippen LogP contribution in [0.1, 0.15) is 24.2 Å². The van der Waals surface area contributed by atoms with Crippen LogP contribution in [-0.2, 0) is 0 Å². The molecule has 0 aliphatic carbocycles. The number of benzene rings is 1. The molecule has 0 aliphatic heterocycles. The molecule has 1 aromatic carbocycles. The third kappa shape index (κ3) is 2.94. The Labute approximate surface area is 107 Å². The van der Waals surface area contributed by atoms with Crippen molar-refractivity contribution in [1.82, 2.24) is 9.55 Å². The lowest BCUT2D eigenvalue weighted by Crippen LogP contribution is -1.96. The minimum absolute atomic E-state index is 0.0425. The number of carbonyl (C=O) groups is 1. The molecule has 0 unspecified atom stereocenters. The molecule has 1 aromatic heterocycles. The van der Waals surface area contributed by atoms with E-state index >= 15 is 0 Å². The number of rotatable bonds is 4. The molecular weight excluding hydrogens is 224 g/mol. The van der Waals surface area contributed by atoms with Gasteiger partial charge in [-0.05, 0) is 36.3 Å². The summed E-state index contributed by atoms with van der Waals surface area (Å²) in [7, 11) is 0. The average Bonchev–Trinajstić information content (AvgIpc) is 2.90. The van der Waals surface area contributed by atoms with Crippen molar-refractivity contribution in [2.75, 3.05) is 0 Å². The largest absolute Gasteiger partial charge is 0.306 e. The minimum atomic E-state index is 0.0425. The van der Waals surface area contributed by atoms with E-state index in [1.54, 1.807) is 18.6 Å². The molecule has 18 heavy (non-hydrogen) atoms. The monoisotopic (exact) mass is 240 g/mol. The van der Waals surface area contributed by atoms with Crippen LogP contribution in [-0.4, -0.2) is 15.3 Å². The van der Waals surface area contributed by atoms with Gasteiger partial charge in [-0.1, -0.05) is 19.9 Å².